The number of ether oxygens (including phenoxy) is 2. The lowest BCUT2D eigenvalue weighted by Gasteiger charge is -2.17. The average Bonchev–Trinajstić information content (AvgIpc) is 3.29. The van der Waals surface area contributed by atoms with Crippen LogP contribution in [0.3, 0.4) is 0 Å². The van der Waals surface area contributed by atoms with Gasteiger partial charge in [-0.15, -0.1) is 0 Å². The summed E-state index contributed by atoms with van der Waals surface area (Å²) in [6.07, 6.45) is 0. The fraction of sp³-hybridized carbons (Fsp3) is 0.333. The molecule has 0 bridgehead atoms. The van der Waals surface area contributed by atoms with Gasteiger partial charge in [0.1, 0.15) is 0 Å². The summed E-state index contributed by atoms with van der Waals surface area (Å²) in [7, 11) is 0. The van der Waals surface area contributed by atoms with Crippen molar-refractivity contribution < 1.29 is 24.2 Å². The Labute approximate surface area is 162 Å². The Balaban J connectivity index is 1.48. The number of carboxylic acids is 1. The van der Waals surface area contributed by atoms with Crippen LogP contribution in [0.15, 0.2) is 42.5 Å². The molecule has 7 nitrogen and oxygen atoms in total. The number of hydrogen-bond acceptors (Lipinski definition) is 5. The van der Waals surface area contributed by atoms with E-state index in [-0.39, 0.29) is 18.6 Å². The largest absolute Gasteiger partial charge is 0.481 e. The summed E-state index contributed by atoms with van der Waals surface area (Å²) in [5, 5.41) is 12.5. The summed E-state index contributed by atoms with van der Waals surface area (Å²) in [5.41, 5.74) is 2.78. The first-order chi connectivity index (χ1) is 13.5. The van der Waals surface area contributed by atoms with Crippen molar-refractivity contribution in [2.75, 3.05) is 25.2 Å². The fourth-order valence-corrected chi connectivity index (χ4v) is 3.90. The van der Waals surface area contributed by atoms with Crippen molar-refractivity contribution in [3.05, 3.63) is 53.6 Å². The molecular weight excluding hydrogens is 360 g/mol. The van der Waals surface area contributed by atoms with Gasteiger partial charge in [0.25, 0.3) is 0 Å². The maximum atomic E-state index is 11.8. The second kappa shape index (κ2) is 7.52. The maximum absolute atomic E-state index is 11.8. The van der Waals surface area contributed by atoms with Crippen LogP contribution in [0.5, 0.6) is 11.5 Å². The number of anilines is 1. The van der Waals surface area contributed by atoms with E-state index in [1.54, 1.807) is 0 Å². The minimum Gasteiger partial charge on any atom is -0.481 e. The van der Waals surface area contributed by atoms with Crippen molar-refractivity contribution in [2.45, 2.75) is 19.4 Å². The summed E-state index contributed by atoms with van der Waals surface area (Å²) in [6, 6.07) is 13.3. The van der Waals surface area contributed by atoms with E-state index in [1.165, 1.54) is 6.92 Å². The number of likely N-dealkylation sites (tertiary alicyclic amines) is 1. The number of fused-ring (bicyclic) bond motifs is 1. The quantitative estimate of drug-likeness (QED) is 0.827. The van der Waals surface area contributed by atoms with Crippen molar-refractivity contribution in [1.29, 1.82) is 0 Å². The Morgan fingerprint density at radius 2 is 1.86 bits per heavy atom. The number of aliphatic carboxylic acids is 1. The predicted molar refractivity (Wildman–Crippen MR) is 102 cm³/mol. The van der Waals surface area contributed by atoms with E-state index >= 15 is 0 Å². The summed E-state index contributed by atoms with van der Waals surface area (Å²) >= 11 is 0. The van der Waals surface area contributed by atoms with E-state index in [4.69, 9.17) is 9.47 Å². The summed E-state index contributed by atoms with van der Waals surface area (Å²) in [6.45, 7) is 3.48. The van der Waals surface area contributed by atoms with E-state index in [2.05, 4.69) is 10.2 Å². The zero-order chi connectivity index (χ0) is 19.7. The van der Waals surface area contributed by atoms with Gasteiger partial charge in [0, 0.05) is 38.2 Å². The van der Waals surface area contributed by atoms with E-state index in [0.29, 0.717) is 31.1 Å². The Kier molecular flexibility index (Phi) is 4.92. The van der Waals surface area contributed by atoms with Crippen LogP contribution < -0.4 is 14.8 Å². The predicted octanol–water partition coefficient (Wildman–Crippen LogP) is 2.67. The second-order valence-electron chi connectivity index (χ2n) is 7.24. The number of benzene rings is 2. The topological polar surface area (TPSA) is 88.1 Å². The van der Waals surface area contributed by atoms with Crippen LogP contribution in [-0.4, -0.2) is 41.8 Å². The van der Waals surface area contributed by atoms with Crippen molar-refractivity contribution in [2.24, 2.45) is 5.92 Å². The molecule has 0 spiro atoms. The minimum absolute atomic E-state index is 0.106. The highest BCUT2D eigenvalue weighted by molar-refractivity contribution is 5.88. The van der Waals surface area contributed by atoms with E-state index in [1.807, 2.05) is 42.5 Å². The van der Waals surface area contributed by atoms with Gasteiger partial charge in [-0.3, -0.25) is 14.5 Å². The third-order valence-corrected chi connectivity index (χ3v) is 5.22. The first-order valence-electron chi connectivity index (χ1n) is 9.21. The van der Waals surface area contributed by atoms with E-state index < -0.39 is 11.9 Å². The van der Waals surface area contributed by atoms with Crippen molar-refractivity contribution in [3.63, 3.8) is 0 Å². The number of rotatable bonds is 5. The van der Waals surface area contributed by atoms with Crippen LogP contribution in [0.2, 0.25) is 0 Å². The monoisotopic (exact) mass is 382 g/mol. The zero-order valence-electron chi connectivity index (χ0n) is 15.6. The molecule has 4 rings (SSSR count). The molecule has 0 unspecified atom stereocenters. The van der Waals surface area contributed by atoms with E-state index in [9.17, 15) is 14.7 Å². The van der Waals surface area contributed by atoms with Crippen molar-refractivity contribution >= 4 is 17.6 Å². The SMILES string of the molecule is CC(=O)Nc1ccc(CN2C[C@@H](C(=O)O)[C@H](c3ccc4c(c3)OCO4)C2)cc1. The number of nitrogens with one attached hydrogen (secondary N) is 1. The van der Waals surface area contributed by atoms with Crippen LogP contribution in [0.1, 0.15) is 24.0 Å². The molecule has 1 saturated heterocycles. The molecule has 7 heteroatoms. The smallest absolute Gasteiger partial charge is 0.308 e. The molecule has 0 aromatic heterocycles. The zero-order valence-corrected chi connectivity index (χ0v) is 15.6. The second-order valence-corrected chi connectivity index (χ2v) is 7.24. The lowest BCUT2D eigenvalue weighted by Crippen LogP contribution is -2.23. The van der Waals surface area contributed by atoms with Crippen LogP contribution in [0, 0.1) is 5.92 Å². The highest BCUT2D eigenvalue weighted by Gasteiger charge is 2.39. The molecule has 2 aliphatic heterocycles. The first-order valence-corrected chi connectivity index (χ1v) is 9.21. The minimum atomic E-state index is -0.786. The molecule has 2 atom stereocenters. The Morgan fingerprint density at radius 1 is 1.11 bits per heavy atom. The number of amides is 1. The molecule has 2 N–H and O–H groups in total. The molecule has 2 aliphatic rings. The Morgan fingerprint density at radius 3 is 2.57 bits per heavy atom. The summed E-state index contributed by atoms with van der Waals surface area (Å²) < 4.78 is 10.8. The van der Waals surface area contributed by atoms with Gasteiger partial charge in [-0.25, -0.2) is 0 Å². The third kappa shape index (κ3) is 3.80. The lowest BCUT2D eigenvalue weighted by molar-refractivity contribution is -0.141. The van der Waals surface area contributed by atoms with Crippen molar-refractivity contribution in [3.8, 4) is 11.5 Å². The average molecular weight is 382 g/mol. The van der Waals surface area contributed by atoms with Gasteiger partial charge < -0.3 is 19.9 Å². The highest BCUT2D eigenvalue weighted by Crippen LogP contribution is 2.39. The normalized spacial score (nSPS) is 20.9. The van der Waals surface area contributed by atoms with E-state index in [0.717, 1.165) is 16.8 Å². The van der Waals surface area contributed by atoms with Crippen LogP contribution in [0.25, 0.3) is 0 Å². The Hall–Kier alpha value is -3.06. The maximum Gasteiger partial charge on any atom is 0.308 e. The standard InChI is InChI=1S/C21H22N2O5/c1-13(24)22-16-5-2-14(3-6-16)9-23-10-17(18(11-23)21(25)26)15-4-7-19-20(8-15)28-12-27-19/h2-8,17-18H,9-12H2,1H3,(H,22,24)(H,25,26)/t17-,18+/m0/s1. The van der Waals surface area contributed by atoms with Gasteiger partial charge in [0.2, 0.25) is 12.7 Å². The number of hydrogen-bond donors (Lipinski definition) is 2. The van der Waals surface area contributed by atoms with Gasteiger partial charge in [0.15, 0.2) is 11.5 Å². The van der Waals surface area contributed by atoms with Gasteiger partial charge in [0.05, 0.1) is 5.92 Å². The number of carbonyl (C=O) groups is 2. The number of carbonyl (C=O) groups excluding carboxylic acids is 1. The molecule has 1 fully saturated rings. The molecule has 2 aromatic carbocycles. The summed E-state index contributed by atoms with van der Waals surface area (Å²) in [5.74, 6) is -0.0996. The first kappa shape index (κ1) is 18.3. The van der Waals surface area contributed by atoms with Gasteiger partial charge >= 0.3 is 5.97 Å². The van der Waals surface area contributed by atoms with Gasteiger partial charge in [-0.1, -0.05) is 18.2 Å². The fourth-order valence-electron chi connectivity index (χ4n) is 3.90. The van der Waals surface area contributed by atoms with Crippen LogP contribution in [0.4, 0.5) is 5.69 Å². The molecule has 2 heterocycles. The molecule has 1 amide bonds. The molecule has 146 valence electrons. The number of nitrogens with zero attached hydrogens (tertiary/aromatic N) is 1. The van der Waals surface area contributed by atoms with Crippen LogP contribution in [-0.2, 0) is 16.1 Å². The molecule has 0 saturated carbocycles. The number of carboxylic acid groups (broad SMARTS) is 1. The molecule has 2 aromatic rings. The molecular formula is C21H22N2O5. The molecule has 28 heavy (non-hydrogen) atoms. The summed E-state index contributed by atoms with van der Waals surface area (Å²) in [4.78, 5) is 25.1. The lowest BCUT2D eigenvalue weighted by atomic mass is 9.89. The van der Waals surface area contributed by atoms with Gasteiger partial charge in [-0.2, -0.15) is 0 Å². The highest BCUT2D eigenvalue weighted by atomic mass is 16.7. The Bertz CT molecular complexity index is 896. The third-order valence-electron chi connectivity index (χ3n) is 5.22. The van der Waals surface area contributed by atoms with Gasteiger partial charge in [-0.05, 0) is 35.4 Å². The molecule has 0 radical (unpaired) electrons. The van der Waals surface area contributed by atoms with Crippen molar-refractivity contribution in [1.82, 2.24) is 4.90 Å². The van der Waals surface area contributed by atoms with Crippen LogP contribution >= 0.6 is 0 Å². The molecule has 0 aliphatic carbocycles.